The Hall–Kier alpha value is -2.62. The molecular formula is C18H24N6O3S. The van der Waals surface area contributed by atoms with E-state index in [4.69, 9.17) is 4.74 Å². The number of amides is 3. The number of hydrogen-bond donors (Lipinski definition) is 2. The topological polar surface area (TPSA) is 111 Å². The predicted molar refractivity (Wildman–Crippen MR) is 105 cm³/mol. The summed E-state index contributed by atoms with van der Waals surface area (Å²) in [6, 6.07) is 7.09. The molecule has 2 aromatic rings. The van der Waals surface area contributed by atoms with Crippen LogP contribution in [0.15, 0.2) is 29.4 Å². The smallest absolute Gasteiger partial charge is 0.321 e. The van der Waals surface area contributed by atoms with E-state index in [0.717, 1.165) is 37.4 Å². The summed E-state index contributed by atoms with van der Waals surface area (Å²) < 4.78 is 7.13. The van der Waals surface area contributed by atoms with Crippen LogP contribution in [0.25, 0.3) is 5.69 Å². The Labute approximate surface area is 167 Å². The van der Waals surface area contributed by atoms with Crippen LogP contribution >= 0.6 is 11.8 Å². The van der Waals surface area contributed by atoms with E-state index < -0.39 is 11.9 Å². The zero-order valence-electron chi connectivity index (χ0n) is 15.8. The molecule has 28 heavy (non-hydrogen) atoms. The lowest BCUT2D eigenvalue weighted by Gasteiger charge is -2.22. The maximum Gasteiger partial charge on any atom is 0.321 e. The third-order valence-corrected chi connectivity index (χ3v) is 5.28. The highest BCUT2D eigenvalue weighted by molar-refractivity contribution is 7.99. The van der Waals surface area contributed by atoms with Gasteiger partial charge in [-0.05, 0) is 42.3 Å². The van der Waals surface area contributed by atoms with Gasteiger partial charge in [-0.2, -0.15) is 4.68 Å². The average molecular weight is 404 g/mol. The molecule has 0 radical (unpaired) electrons. The van der Waals surface area contributed by atoms with Crippen molar-refractivity contribution in [3.05, 3.63) is 24.3 Å². The largest absolute Gasteiger partial charge is 0.492 e. The van der Waals surface area contributed by atoms with Crippen LogP contribution in [0, 0.1) is 0 Å². The fraction of sp³-hybridized carbons (Fsp3) is 0.500. The first-order valence-electron chi connectivity index (χ1n) is 9.41. The summed E-state index contributed by atoms with van der Waals surface area (Å²) >= 11 is 1.15. The zero-order valence-corrected chi connectivity index (χ0v) is 16.6. The molecule has 1 aliphatic carbocycles. The van der Waals surface area contributed by atoms with E-state index in [9.17, 15) is 9.59 Å². The highest BCUT2D eigenvalue weighted by Crippen LogP contribution is 2.25. The zero-order chi connectivity index (χ0) is 19.8. The van der Waals surface area contributed by atoms with E-state index in [0.29, 0.717) is 23.2 Å². The second-order valence-electron chi connectivity index (χ2n) is 6.42. The first kappa shape index (κ1) is 20.1. The minimum Gasteiger partial charge on any atom is -0.492 e. The number of rotatable bonds is 7. The first-order chi connectivity index (χ1) is 13.7. The molecule has 10 heteroatoms. The average Bonchev–Trinajstić information content (AvgIpc) is 3.16. The summed E-state index contributed by atoms with van der Waals surface area (Å²) in [6.45, 7) is 2.41. The number of carbonyl (C=O) groups excluding carboxylic acids is 2. The van der Waals surface area contributed by atoms with Crippen LogP contribution < -0.4 is 15.4 Å². The Balaban J connectivity index is 1.55. The molecule has 1 fully saturated rings. The van der Waals surface area contributed by atoms with Gasteiger partial charge in [0.05, 0.1) is 12.4 Å². The van der Waals surface area contributed by atoms with Gasteiger partial charge in [-0.1, -0.05) is 43.2 Å². The van der Waals surface area contributed by atoms with E-state index in [2.05, 4.69) is 26.2 Å². The minimum atomic E-state index is -0.446. The summed E-state index contributed by atoms with van der Waals surface area (Å²) in [7, 11) is 0. The lowest BCUT2D eigenvalue weighted by molar-refractivity contribution is -0.117. The number of nitrogens with zero attached hydrogens (tertiary/aromatic N) is 4. The quantitative estimate of drug-likeness (QED) is 0.681. The fourth-order valence-electron chi connectivity index (χ4n) is 3.09. The van der Waals surface area contributed by atoms with E-state index in [1.54, 1.807) is 0 Å². The van der Waals surface area contributed by atoms with Gasteiger partial charge >= 0.3 is 6.03 Å². The second kappa shape index (κ2) is 10.1. The van der Waals surface area contributed by atoms with Crippen molar-refractivity contribution in [2.75, 3.05) is 12.4 Å². The maximum atomic E-state index is 12.1. The Bertz CT molecular complexity index is 806. The van der Waals surface area contributed by atoms with Gasteiger partial charge < -0.3 is 10.1 Å². The number of thioether (sulfide) groups is 1. The van der Waals surface area contributed by atoms with Crippen LogP contribution in [0.2, 0.25) is 0 Å². The Morgan fingerprint density at radius 2 is 2.04 bits per heavy atom. The van der Waals surface area contributed by atoms with Gasteiger partial charge in [-0.15, -0.1) is 5.10 Å². The van der Waals surface area contributed by atoms with Crippen LogP contribution in [0.1, 0.15) is 39.0 Å². The van der Waals surface area contributed by atoms with Gasteiger partial charge in [0.1, 0.15) is 11.4 Å². The van der Waals surface area contributed by atoms with Crippen molar-refractivity contribution in [2.24, 2.45) is 0 Å². The molecule has 1 aliphatic rings. The fourth-order valence-corrected chi connectivity index (χ4v) is 3.77. The number of aromatic nitrogens is 4. The Morgan fingerprint density at radius 3 is 2.82 bits per heavy atom. The maximum absolute atomic E-state index is 12.1. The van der Waals surface area contributed by atoms with Crippen molar-refractivity contribution in [1.29, 1.82) is 0 Å². The molecule has 1 saturated carbocycles. The number of carbonyl (C=O) groups is 2. The van der Waals surface area contributed by atoms with Crippen LogP contribution in [-0.4, -0.2) is 50.5 Å². The van der Waals surface area contributed by atoms with Crippen molar-refractivity contribution >= 4 is 23.7 Å². The number of imide groups is 1. The lowest BCUT2D eigenvalue weighted by atomic mass is 9.96. The third kappa shape index (κ3) is 5.44. The van der Waals surface area contributed by atoms with Crippen molar-refractivity contribution in [1.82, 2.24) is 30.8 Å². The van der Waals surface area contributed by atoms with Gasteiger partial charge in [0.15, 0.2) is 0 Å². The minimum absolute atomic E-state index is 0.0231. The van der Waals surface area contributed by atoms with Gasteiger partial charge in [0.2, 0.25) is 11.1 Å². The molecule has 0 bridgehead atoms. The predicted octanol–water partition coefficient (Wildman–Crippen LogP) is 2.31. The number of urea groups is 1. The second-order valence-corrected chi connectivity index (χ2v) is 7.36. The number of nitrogens with one attached hydrogen (secondary N) is 2. The van der Waals surface area contributed by atoms with Crippen molar-refractivity contribution in [3.8, 4) is 11.4 Å². The Kier molecular flexibility index (Phi) is 7.24. The molecule has 9 nitrogen and oxygen atoms in total. The van der Waals surface area contributed by atoms with Gasteiger partial charge in [0, 0.05) is 6.04 Å². The van der Waals surface area contributed by atoms with E-state index >= 15 is 0 Å². The molecular weight excluding hydrogens is 380 g/mol. The number of tetrazole rings is 1. The monoisotopic (exact) mass is 404 g/mol. The summed E-state index contributed by atoms with van der Waals surface area (Å²) in [6.07, 6.45) is 5.35. The van der Waals surface area contributed by atoms with Gasteiger partial charge in [-0.25, -0.2) is 4.79 Å². The molecule has 0 atom stereocenters. The molecule has 0 unspecified atom stereocenters. The number of para-hydroxylation sites is 2. The first-order valence-corrected chi connectivity index (χ1v) is 10.4. The van der Waals surface area contributed by atoms with Gasteiger partial charge in [0.25, 0.3) is 0 Å². The van der Waals surface area contributed by atoms with Crippen molar-refractivity contribution < 1.29 is 14.3 Å². The normalized spacial score (nSPS) is 14.5. The molecule has 3 rings (SSSR count). The van der Waals surface area contributed by atoms with Crippen LogP contribution in [0.3, 0.4) is 0 Å². The van der Waals surface area contributed by atoms with Crippen LogP contribution in [0.4, 0.5) is 4.79 Å². The molecule has 0 aliphatic heterocycles. The standard InChI is InChI=1S/C18H24N6O3S/c1-2-27-15-11-7-6-10-14(15)24-18(21-22-23-24)28-12-16(25)20-17(26)19-13-8-4-3-5-9-13/h6-7,10-11,13H,2-5,8-9,12H2,1H3,(H2,19,20,25,26). The highest BCUT2D eigenvalue weighted by atomic mass is 32.2. The summed E-state index contributed by atoms with van der Waals surface area (Å²) in [4.78, 5) is 24.1. The SMILES string of the molecule is CCOc1ccccc1-n1nnnc1SCC(=O)NC(=O)NC1CCCCC1. The number of ether oxygens (including phenoxy) is 1. The van der Waals surface area contributed by atoms with Crippen LogP contribution in [-0.2, 0) is 4.79 Å². The lowest BCUT2D eigenvalue weighted by Crippen LogP contribution is -2.45. The van der Waals surface area contributed by atoms with Crippen LogP contribution in [0.5, 0.6) is 5.75 Å². The molecule has 150 valence electrons. The third-order valence-electron chi connectivity index (χ3n) is 4.36. The molecule has 0 saturated heterocycles. The van der Waals surface area contributed by atoms with E-state index in [1.807, 2.05) is 31.2 Å². The molecule has 1 aromatic carbocycles. The number of hydrogen-bond acceptors (Lipinski definition) is 7. The molecule has 1 heterocycles. The highest BCUT2D eigenvalue weighted by Gasteiger charge is 2.18. The van der Waals surface area contributed by atoms with Crippen molar-refractivity contribution in [2.45, 2.75) is 50.2 Å². The summed E-state index contributed by atoms with van der Waals surface area (Å²) in [5, 5.41) is 17.3. The molecule has 0 spiro atoms. The van der Waals surface area contributed by atoms with Gasteiger partial charge in [-0.3, -0.25) is 10.1 Å². The molecule has 2 N–H and O–H groups in total. The number of benzene rings is 1. The summed E-state index contributed by atoms with van der Waals surface area (Å²) in [5.74, 6) is 0.274. The molecule has 1 aromatic heterocycles. The van der Waals surface area contributed by atoms with E-state index in [-0.39, 0.29) is 11.8 Å². The molecule has 3 amide bonds. The summed E-state index contributed by atoms with van der Waals surface area (Å²) in [5.41, 5.74) is 0.687. The van der Waals surface area contributed by atoms with E-state index in [1.165, 1.54) is 11.1 Å². The van der Waals surface area contributed by atoms with Crippen molar-refractivity contribution in [3.63, 3.8) is 0 Å². The Morgan fingerprint density at radius 1 is 1.25 bits per heavy atom.